The van der Waals surface area contributed by atoms with Crippen molar-refractivity contribution in [3.05, 3.63) is 33.8 Å². The lowest BCUT2D eigenvalue weighted by molar-refractivity contribution is -0.0381. The molecule has 0 aromatic heterocycles. The molecule has 0 spiro atoms. The summed E-state index contributed by atoms with van der Waals surface area (Å²) in [6.07, 6.45) is 4.51. The maximum Gasteiger partial charge on any atom is 0.0693 e. The van der Waals surface area contributed by atoms with E-state index in [9.17, 15) is 5.11 Å². The van der Waals surface area contributed by atoms with Gasteiger partial charge in [0.15, 0.2) is 0 Å². The van der Waals surface area contributed by atoms with Gasteiger partial charge in [0.2, 0.25) is 0 Å². The van der Waals surface area contributed by atoms with Crippen molar-refractivity contribution >= 4 is 23.2 Å². The van der Waals surface area contributed by atoms with E-state index in [1.807, 2.05) is 12.1 Å². The van der Waals surface area contributed by atoms with E-state index >= 15 is 0 Å². The Balaban J connectivity index is 2.20. The molecule has 1 aromatic carbocycles. The summed E-state index contributed by atoms with van der Waals surface area (Å²) in [5, 5.41) is 11.9. The van der Waals surface area contributed by atoms with E-state index in [2.05, 4.69) is 13.8 Å². The molecule has 1 saturated carbocycles. The summed E-state index contributed by atoms with van der Waals surface area (Å²) < 4.78 is 0. The fourth-order valence-electron chi connectivity index (χ4n) is 3.15. The fraction of sp³-hybridized carbons (Fsp3) is 0.600. The minimum absolute atomic E-state index is 0.206. The monoisotopic (exact) mass is 286 g/mol. The van der Waals surface area contributed by atoms with Gasteiger partial charge in [-0.25, -0.2) is 0 Å². The largest absolute Gasteiger partial charge is 0.390 e. The minimum Gasteiger partial charge on any atom is -0.390 e. The van der Waals surface area contributed by atoms with Gasteiger partial charge in [-0.2, -0.15) is 0 Å². The molecule has 0 heterocycles. The standard InChI is InChI=1S/C15H20Cl2O/c1-14(2)7-4-8-15(18,10-14)9-11-5-3-6-12(16)13(11)17/h3,5-6,18H,4,7-10H2,1-2H3. The molecule has 3 heteroatoms. The molecule has 0 saturated heterocycles. The number of halogens is 2. The Kier molecular flexibility index (Phi) is 3.96. The Morgan fingerprint density at radius 1 is 1.22 bits per heavy atom. The van der Waals surface area contributed by atoms with Crippen molar-refractivity contribution in [2.45, 2.75) is 51.6 Å². The van der Waals surface area contributed by atoms with E-state index in [1.54, 1.807) is 6.07 Å². The molecule has 1 unspecified atom stereocenters. The summed E-state index contributed by atoms with van der Waals surface area (Å²) in [6, 6.07) is 5.62. The van der Waals surface area contributed by atoms with Crippen LogP contribution >= 0.6 is 23.2 Å². The second kappa shape index (κ2) is 5.03. The first-order valence-corrected chi connectivity index (χ1v) is 7.22. The van der Waals surface area contributed by atoms with Crippen LogP contribution in [-0.4, -0.2) is 10.7 Å². The van der Waals surface area contributed by atoms with E-state index in [0.29, 0.717) is 16.5 Å². The lowest BCUT2D eigenvalue weighted by atomic mass is 9.68. The van der Waals surface area contributed by atoms with Crippen molar-refractivity contribution in [1.82, 2.24) is 0 Å². The van der Waals surface area contributed by atoms with Gasteiger partial charge < -0.3 is 5.11 Å². The zero-order chi connectivity index (χ0) is 13.4. The lowest BCUT2D eigenvalue weighted by Gasteiger charge is -2.41. The first kappa shape index (κ1) is 14.2. The predicted octanol–water partition coefficient (Wildman–Crippen LogP) is 4.87. The van der Waals surface area contributed by atoms with Crippen molar-refractivity contribution in [3.63, 3.8) is 0 Å². The maximum atomic E-state index is 10.8. The lowest BCUT2D eigenvalue weighted by Crippen LogP contribution is -2.40. The summed E-state index contributed by atoms with van der Waals surface area (Å²) in [5.41, 5.74) is 0.512. The Hall–Kier alpha value is -0.240. The van der Waals surface area contributed by atoms with Crippen LogP contribution in [0, 0.1) is 5.41 Å². The molecule has 1 nitrogen and oxygen atoms in total. The van der Waals surface area contributed by atoms with Gasteiger partial charge in [0.25, 0.3) is 0 Å². The SMILES string of the molecule is CC1(C)CCCC(O)(Cc2cccc(Cl)c2Cl)C1. The quantitative estimate of drug-likeness (QED) is 0.823. The van der Waals surface area contributed by atoms with Crippen LogP contribution in [0.3, 0.4) is 0 Å². The van der Waals surface area contributed by atoms with Crippen LogP contribution in [0.4, 0.5) is 0 Å². The second-order valence-corrected chi connectivity index (χ2v) is 7.09. The predicted molar refractivity (Wildman–Crippen MR) is 77.4 cm³/mol. The topological polar surface area (TPSA) is 20.2 Å². The Morgan fingerprint density at radius 3 is 2.61 bits per heavy atom. The summed E-state index contributed by atoms with van der Waals surface area (Å²) in [7, 11) is 0. The van der Waals surface area contributed by atoms with Crippen LogP contribution in [0.15, 0.2) is 18.2 Å². The molecule has 2 rings (SSSR count). The van der Waals surface area contributed by atoms with Gasteiger partial charge in [-0.3, -0.25) is 0 Å². The first-order valence-electron chi connectivity index (χ1n) is 6.47. The normalized spacial score (nSPS) is 27.2. The zero-order valence-electron chi connectivity index (χ0n) is 11.0. The molecule has 1 fully saturated rings. The summed E-state index contributed by atoms with van der Waals surface area (Å²) >= 11 is 12.2. The molecule has 1 aromatic rings. The van der Waals surface area contributed by atoms with E-state index in [4.69, 9.17) is 23.2 Å². The van der Waals surface area contributed by atoms with Crippen LogP contribution in [0.2, 0.25) is 10.0 Å². The third-order valence-electron chi connectivity index (χ3n) is 3.85. The average Bonchev–Trinajstić information content (AvgIpc) is 2.22. The summed E-state index contributed by atoms with van der Waals surface area (Å²) in [5.74, 6) is 0. The number of aliphatic hydroxyl groups is 1. The van der Waals surface area contributed by atoms with E-state index in [0.717, 1.165) is 24.8 Å². The van der Waals surface area contributed by atoms with Gasteiger partial charge in [0, 0.05) is 6.42 Å². The highest BCUT2D eigenvalue weighted by molar-refractivity contribution is 6.42. The van der Waals surface area contributed by atoms with E-state index in [1.165, 1.54) is 6.42 Å². The first-order chi connectivity index (χ1) is 8.31. The molecular formula is C15H20Cl2O. The van der Waals surface area contributed by atoms with Crippen LogP contribution in [0.1, 0.15) is 45.1 Å². The highest BCUT2D eigenvalue weighted by Gasteiger charge is 2.38. The molecule has 1 aliphatic carbocycles. The van der Waals surface area contributed by atoms with Crippen LogP contribution in [0.5, 0.6) is 0 Å². The molecule has 0 aliphatic heterocycles. The second-order valence-electron chi connectivity index (χ2n) is 6.31. The molecule has 1 N–H and O–H groups in total. The number of rotatable bonds is 2. The minimum atomic E-state index is -0.643. The van der Waals surface area contributed by atoms with Gasteiger partial charge in [-0.1, -0.05) is 55.6 Å². The van der Waals surface area contributed by atoms with E-state index in [-0.39, 0.29) is 5.41 Å². The van der Waals surface area contributed by atoms with Crippen molar-refractivity contribution in [1.29, 1.82) is 0 Å². The molecule has 100 valence electrons. The van der Waals surface area contributed by atoms with Gasteiger partial charge >= 0.3 is 0 Å². The summed E-state index contributed by atoms with van der Waals surface area (Å²) in [6.45, 7) is 4.44. The van der Waals surface area contributed by atoms with Crippen LogP contribution in [0.25, 0.3) is 0 Å². The molecular weight excluding hydrogens is 267 g/mol. The third kappa shape index (κ3) is 3.20. The molecule has 0 amide bonds. The van der Waals surface area contributed by atoms with Gasteiger partial charge in [0.05, 0.1) is 15.6 Å². The maximum absolute atomic E-state index is 10.8. The highest BCUT2D eigenvalue weighted by atomic mass is 35.5. The van der Waals surface area contributed by atoms with E-state index < -0.39 is 5.60 Å². The molecule has 1 atom stereocenters. The smallest absolute Gasteiger partial charge is 0.0693 e. The molecule has 1 aliphatic rings. The molecule has 0 bridgehead atoms. The average molecular weight is 287 g/mol. The fourth-order valence-corrected chi connectivity index (χ4v) is 3.54. The van der Waals surface area contributed by atoms with Crippen LogP contribution in [-0.2, 0) is 6.42 Å². The molecule has 0 radical (unpaired) electrons. The number of hydrogen-bond acceptors (Lipinski definition) is 1. The van der Waals surface area contributed by atoms with Gasteiger partial charge in [-0.15, -0.1) is 0 Å². The number of benzene rings is 1. The zero-order valence-corrected chi connectivity index (χ0v) is 12.5. The van der Waals surface area contributed by atoms with Crippen molar-refractivity contribution in [2.24, 2.45) is 5.41 Å². The van der Waals surface area contributed by atoms with Crippen molar-refractivity contribution in [2.75, 3.05) is 0 Å². The Morgan fingerprint density at radius 2 is 1.94 bits per heavy atom. The highest BCUT2D eigenvalue weighted by Crippen LogP contribution is 2.43. The van der Waals surface area contributed by atoms with Crippen molar-refractivity contribution in [3.8, 4) is 0 Å². The van der Waals surface area contributed by atoms with Crippen molar-refractivity contribution < 1.29 is 5.11 Å². The van der Waals surface area contributed by atoms with Gasteiger partial charge in [0.1, 0.15) is 0 Å². The third-order valence-corrected chi connectivity index (χ3v) is 4.71. The number of hydrogen-bond donors (Lipinski definition) is 1. The molecule has 18 heavy (non-hydrogen) atoms. The Labute approximate surface area is 119 Å². The Bertz CT molecular complexity index is 442. The summed E-state index contributed by atoms with van der Waals surface area (Å²) in [4.78, 5) is 0. The van der Waals surface area contributed by atoms with Gasteiger partial charge in [-0.05, 0) is 36.3 Å². The van der Waals surface area contributed by atoms with Crippen LogP contribution < -0.4 is 0 Å².